The van der Waals surface area contributed by atoms with Crippen molar-refractivity contribution in [3.63, 3.8) is 0 Å². The lowest BCUT2D eigenvalue weighted by molar-refractivity contribution is 0.0934. The van der Waals surface area contributed by atoms with E-state index in [4.69, 9.17) is 14.6 Å². The van der Waals surface area contributed by atoms with Crippen LogP contribution in [0.4, 0.5) is 0 Å². The molecule has 0 saturated carbocycles. The van der Waals surface area contributed by atoms with Crippen LogP contribution in [-0.2, 0) is 11.3 Å². The molecule has 0 amide bonds. The van der Waals surface area contributed by atoms with Gasteiger partial charge in [0, 0.05) is 26.7 Å². The standard InChI is InChI=1S/C24H31N3O3/c1-18-10-12-22(13-11-18)30-24-23(17-26(14-15-29-4)16-19(2)28)20(3)25-27(24)21-8-6-5-7-9-21/h5-13,19,28H,14-17H2,1-4H3/t19-/m1/s1. The molecule has 6 nitrogen and oxygen atoms in total. The molecule has 0 aliphatic carbocycles. The number of nitrogens with zero attached hydrogens (tertiary/aromatic N) is 3. The smallest absolute Gasteiger partial charge is 0.227 e. The lowest BCUT2D eigenvalue weighted by Crippen LogP contribution is -2.33. The van der Waals surface area contributed by atoms with Gasteiger partial charge in [-0.05, 0) is 45.0 Å². The topological polar surface area (TPSA) is 59.8 Å². The first-order valence-electron chi connectivity index (χ1n) is 10.3. The Morgan fingerprint density at radius 2 is 1.77 bits per heavy atom. The van der Waals surface area contributed by atoms with E-state index in [0.29, 0.717) is 32.1 Å². The van der Waals surface area contributed by atoms with Crippen molar-refractivity contribution in [2.45, 2.75) is 33.4 Å². The van der Waals surface area contributed by atoms with E-state index in [1.54, 1.807) is 14.0 Å². The van der Waals surface area contributed by atoms with Crippen molar-refractivity contribution in [3.05, 3.63) is 71.4 Å². The summed E-state index contributed by atoms with van der Waals surface area (Å²) in [7, 11) is 1.69. The zero-order valence-electron chi connectivity index (χ0n) is 18.2. The van der Waals surface area contributed by atoms with Gasteiger partial charge in [0.2, 0.25) is 5.88 Å². The second-order valence-electron chi connectivity index (χ2n) is 7.61. The van der Waals surface area contributed by atoms with Crippen molar-refractivity contribution in [1.29, 1.82) is 0 Å². The number of aliphatic hydroxyl groups excluding tert-OH is 1. The van der Waals surface area contributed by atoms with Gasteiger partial charge in [-0.1, -0.05) is 35.9 Å². The van der Waals surface area contributed by atoms with Gasteiger partial charge in [0.15, 0.2) is 0 Å². The van der Waals surface area contributed by atoms with Crippen molar-refractivity contribution >= 4 is 0 Å². The number of rotatable bonds is 10. The van der Waals surface area contributed by atoms with Crippen molar-refractivity contribution in [3.8, 4) is 17.3 Å². The summed E-state index contributed by atoms with van der Waals surface area (Å²) in [6.45, 7) is 8.29. The van der Waals surface area contributed by atoms with Gasteiger partial charge in [-0.2, -0.15) is 5.10 Å². The minimum absolute atomic E-state index is 0.437. The van der Waals surface area contributed by atoms with Crippen LogP contribution in [0.15, 0.2) is 54.6 Å². The van der Waals surface area contributed by atoms with Gasteiger partial charge in [-0.15, -0.1) is 0 Å². The van der Waals surface area contributed by atoms with Crippen molar-refractivity contribution in [2.75, 3.05) is 26.8 Å². The zero-order chi connectivity index (χ0) is 21.5. The number of hydrogen-bond acceptors (Lipinski definition) is 5. The third-order valence-corrected chi connectivity index (χ3v) is 4.89. The molecule has 6 heteroatoms. The summed E-state index contributed by atoms with van der Waals surface area (Å²) in [6.07, 6.45) is -0.437. The van der Waals surface area contributed by atoms with E-state index in [0.717, 1.165) is 22.7 Å². The van der Waals surface area contributed by atoms with Crippen LogP contribution in [0.25, 0.3) is 5.69 Å². The van der Waals surface area contributed by atoms with Gasteiger partial charge >= 0.3 is 0 Å². The summed E-state index contributed by atoms with van der Waals surface area (Å²) in [5.74, 6) is 1.45. The molecule has 2 aromatic carbocycles. The van der Waals surface area contributed by atoms with E-state index in [1.807, 2.05) is 66.2 Å². The number of para-hydroxylation sites is 1. The van der Waals surface area contributed by atoms with Gasteiger partial charge < -0.3 is 14.6 Å². The van der Waals surface area contributed by atoms with Crippen LogP contribution in [0.5, 0.6) is 11.6 Å². The summed E-state index contributed by atoms with van der Waals surface area (Å²) in [5, 5.41) is 14.7. The van der Waals surface area contributed by atoms with E-state index < -0.39 is 6.10 Å². The Labute approximate surface area is 178 Å². The predicted molar refractivity (Wildman–Crippen MR) is 118 cm³/mol. The Morgan fingerprint density at radius 1 is 1.07 bits per heavy atom. The summed E-state index contributed by atoms with van der Waals surface area (Å²) < 4.78 is 13.5. The molecule has 1 heterocycles. The average Bonchev–Trinajstić information content (AvgIpc) is 3.03. The molecule has 0 saturated heterocycles. The van der Waals surface area contributed by atoms with Crippen LogP contribution in [0, 0.1) is 13.8 Å². The molecule has 160 valence electrons. The molecule has 1 N–H and O–H groups in total. The maximum Gasteiger partial charge on any atom is 0.227 e. The van der Waals surface area contributed by atoms with E-state index in [2.05, 4.69) is 11.8 Å². The summed E-state index contributed by atoms with van der Waals surface area (Å²) in [4.78, 5) is 2.16. The Bertz CT molecular complexity index is 921. The molecule has 0 unspecified atom stereocenters. The first kappa shape index (κ1) is 22.0. The fraction of sp³-hybridized carbons (Fsp3) is 0.375. The lowest BCUT2D eigenvalue weighted by Gasteiger charge is -2.23. The average molecular weight is 410 g/mol. The summed E-state index contributed by atoms with van der Waals surface area (Å²) in [6, 6.07) is 18.0. The quantitative estimate of drug-likeness (QED) is 0.546. The van der Waals surface area contributed by atoms with Gasteiger partial charge in [0.25, 0.3) is 0 Å². The maximum absolute atomic E-state index is 9.95. The molecule has 1 atom stereocenters. The molecule has 0 fully saturated rings. The molecular weight excluding hydrogens is 378 g/mol. The van der Waals surface area contributed by atoms with E-state index in [9.17, 15) is 5.11 Å². The molecule has 30 heavy (non-hydrogen) atoms. The first-order valence-corrected chi connectivity index (χ1v) is 10.3. The van der Waals surface area contributed by atoms with Gasteiger partial charge in [0.05, 0.1) is 29.7 Å². The highest BCUT2D eigenvalue weighted by molar-refractivity contribution is 5.43. The number of benzene rings is 2. The monoisotopic (exact) mass is 409 g/mol. The highest BCUT2D eigenvalue weighted by Gasteiger charge is 2.22. The molecular formula is C24H31N3O3. The van der Waals surface area contributed by atoms with Crippen molar-refractivity contribution in [1.82, 2.24) is 14.7 Å². The van der Waals surface area contributed by atoms with E-state index in [1.165, 1.54) is 5.56 Å². The summed E-state index contributed by atoms with van der Waals surface area (Å²) >= 11 is 0. The highest BCUT2D eigenvalue weighted by atomic mass is 16.5. The third-order valence-electron chi connectivity index (χ3n) is 4.89. The van der Waals surface area contributed by atoms with Crippen LogP contribution < -0.4 is 4.74 Å². The Kier molecular flexibility index (Phi) is 7.63. The van der Waals surface area contributed by atoms with Crippen LogP contribution >= 0.6 is 0 Å². The number of aryl methyl sites for hydroxylation is 2. The number of hydrogen-bond donors (Lipinski definition) is 1. The largest absolute Gasteiger partial charge is 0.439 e. The molecule has 0 spiro atoms. The Balaban J connectivity index is 2.00. The minimum Gasteiger partial charge on any atom is -0.439 e. The lowest BCUT2D eigenvalue weighted by atomic mass is 10.2. The molecule has 3 rings (SSSR count). The Morgan fingerprint density at radius 3 is 2.40 bits per heavy atom. The number of methoxy groups -OCH3 is 1. The highest BCUT2D eigenvalue weighted by Crippen LogP contribution is 2.31. The molecule has 0 bridgehead atoms. The molecule has 0 radical (unpaired) electrons. The predicted octanol–water partition coefficient (Wildman–Crippen LogP) is 4.11. The van der Waals surface area contributed by atoms with Crippen LogP contribution in [0.2, 0.25) is 0 Å². The zero-order valence-corrected chi connectivity index (χ0v) is 18.2. The fourth-order valence-electron chi connectivity index (χ4n) is 3.34. The second-order valence-corrected chi connectivity index (χ2v) is 7.61. The molecule has 0 aliphatic rings. The van der Waals surface area contributed by atoms with E-state index >= 15 is 0 Å². The van der Waals surface area contributed by atoms with E-state index in [-0.39, 0.29) is 0 Å². The number of aliphatic hydroxyl groups is 1. The summed E-state index contributed by atoms with van der Waals surface area (Å²) in [5.41, 5.74) is 4.01. The second kappa shape index (κ2) is 10.4. The SMILES string of the molecule is COCCN(Cc1c(C)nn(-c2ccccc2)c1Oc1ccc(C)cc1)C[C@@H](C)O. The van der Waals surface area contributed by atoms with Crippen LogP contribution in [-0.4, -0.2) is 52.7 Å². The van der Waals surface area contributed by atoms with Crippen LogP contribution in [0.3, 0.4) is 0 Å². The normalized spacial score (nSPS) is 12.3. The van der Waals surface area contributed by atoms with Crippen LogP contribution in [0.1, 0.15) is 23.7 Å². The number of aromatic nitrogens is 2. The minimum atomic E-state index is -0.437. The van der Waals surface area contributed by atoms with Crippen molar-refractivity contribution < 1.29 is 14.6 Å². The fourth-order valence-corrected chi connectivity index (χ4v) is 3.34. The number of ether oxygens (including phenoxy) is 2. The maximum atomic E-state index is 9.95. The third kappa shape index (κ3) is 5.69. The van der Waals surface area contributed by atoms with Gasteiger partial charge in [-0.25, -0.2) is 4.68 Å². The molecule has 0 aliphatic heterocycles. The Hall–Kier alpha value is -2.67. The molecule has 3 aromatic rings. The molecule has 1 aromatic heterocycles. The van der Waals surface area contributed by atoms with Gasteiger partial charge in [0.1, 0.15) is 5.75 Å². The first-order chi connectivity index (χ1) is 14.5. The van der Waals surface area contributed by atoms with Gasteiger partial charge in [-0.3, -0.25) is 4.90 Å². The van der Waals surface area contributed by atoms with Crippen molar-refractivity contribution in [2.24, 2.45) is 0 Å².